The van der Waals surface area contributed by atoms with E-state index in [9.17, 15) is 25.2 Å². The molecular weight excluding hydrogens is 320 g/mol. The fraction of sp³-hybridized carbons (Fsp3) is 0.812. The summed E-state index contributed by atoms with van der Waals surface area (Å²) in [5, 5.41) is 48.4. The Morgan fingerprint density at radius 1 is 1.29 bits per heavy atom. The van der Waals surface area contributed by atoms with Crippen LogP contribution < -0.4 is 0 Å². The second-order valence-electron chi connectivity index (χ2n) is 6.96. The summed E-state index contributed by atoms with van der Waals surface area (Å²) in [5.41, 5.74) is -0.420. The van der Waals surface area contributed by atoms with Crippen LogP contribution in [0.15, 0.2) is 11.6 Å². The van der Waals surface area contributed by atoms with E-state index in [-0.39, 0.29) is 5.92 Å². The van der Waals surface area contributed by atoms with Crippen molar-refractivity contribution < 1.29 is 39.8 Å². The van der Waals surface area contributed by atoms with Gasteiger partial charge in [-0.25, -0.2) is 4.79 Å². The van der Waals surface area contributed by atoms with Crippen LogP contribution in [-0.4, -0.2) is 74.4 Å². The topological polar surface area (TPSA) is 137 Å². The van der Waals surface area contributed by atoms with Gasteiger partial charge in [-0.05, 0) is 39.0 Å². The maximum Gasteiger partial charge on any atom is 0.336 e. The molecule has 8 nitrogen and oxygen atoms in total. The van der Waals surface area contributed by atoms with Crippen LogP contribution in [0.5, 0.6) is 0 Å². The molecule has 0 aromatic heterocycles. The Kier molecular flexibility index (Phi) is 6.00. The van der Waals surface area contributed by atoms with E-state index in [1.165, 1.54) is 0 Å². The van der Waals surface area contributed by atoms with Gasteiger partial charge in [0.1, 0.15) is 24.4 Å². The van der Waals surface area contributed by atoms with Crippen LogP contribution in [0.1, 0.15) is 33.1 Å². The monoisotopic (exact) mass is 346 g/mol. The Hall–Kier alpha value is -1.03. The number of ether oxygens (including phenoxy) is 2. The normalized spacial score (nSPS) is 37.7. The quantitative estimate of drug-likeness (QED) is 0.402. The molecule has 0 aromatic carbocycles. The smallest absolute Gasteiger partial charge is 0.336 e. The van der Waals surface area contributed by atoms with Crippen molar-refractivity contribution in [2.75, 3.05) is 6.61 Å². The molecule has 2 aliphatic rings. The molecule has 1 aliphatic heterocycles. The molecule has 8 heteroatoms. The second-order valence-corrected chi connectivity index (χ2v) is 6.96. The molecule has 1 fully saturated rings. The van der Waals surface area contributed by atoms with Gasteiger partial charge in [-0.3, -0.25) is 0 Å². The predicted molar refractivity (Wildman–Crippen MR) is 81.6 cm³/mol. The lowest BCUT2D eigenvalue weighted by Crippen LogP contribution is -2.59. The van der Waals surface area contributed by atoms with E-state index in [0.29, 0.717) is 24.8 Å². The molecule has 6 unspecified atom stereocenters. The third-order valence-electron chi connectivity index (χ3n) is 4.74. The number of esters is 1. The van der Waals surface area contributed by atoms with Crippen molar-refractivity contribution in [2.45, 2.75) is 69.4 Å². The zero-order valence-corrected chi connectivity index (χ0v) is 13.8. The number of allylic oxidation sites excluding steroid dienone is 1. The van der Waals surface area contributed by atoms with Crippen molar-refractivity contribution >= 4 is 5.97 Å². The van der Waals surface area contributed by atoms with Gasteiger partial charge in [-0.2, -0.15) is 0 Å². The second kappa shape index (κ2) is 7.47. The average Bonchev–Trinajstić information content (AvgIpc) is 2.54. The zero-order valence-electron chi connectivity index (χ0n) is 13.8. The Balaban J connectivity index is 1.98. The summed E-state index contributed by atoms with van der Waals surface area (Å²) in [6.45, 7) is 2.86. The minimum absolute atomic E-state index is 0.0429. The molecule has 1 heterocycles. The van der Waals surface area contributed by atoms with Crippen LogP contribution in [0.25, 0.3) is 0 Å². The first-order valence-electron chi connectivity index (χ1n) is 8.08. The maximum absolute atomic E-state index is 12.2. The number of aliphatic hydroxyl groups is 5. The van der Waals surface area contributed by atoms with Gasteiger partial charge in [0.15, 0.2) is 0 Å². The minimum atomic E-state index is -1.61. The molecule has 6 atom stereocenters. The van der Waals surface area contributed by atoms with E-state index in [1.54, 1.807) is 19.9 Å². The van der Waals surface area contributed by atoms with Crippen LogP contribution in [0.3, 0.4) is 0 Å². The van der Waals surface area contributed by atoms with Gasteiger partial charge < -0.3 is 35.0 Å². The van der Waals surface area contributed by atoms with Crippen molar-refractivity contribution in [1.29, 1.82) is 0 Å². The highest BCUT2D eigenvalue weighted by molar-refractivity contribution is 5.88. The number of carbonyl (C=O) groups is 1. The van der Waals surface area contributed by atoms with Gasteiger partial charge in [0.05, 0.1) is 12.2 Å². The van der Waals surface area contributed by atoms with E-state index in [1.807, 2.05) is 0 Å². The summed E-state index contributed by atoms with van der Waals surface area (Å²) in [5.74, 6) is -0.644. The van der Waals surface area contributed by atoms with Crippen molar-refractivity contribution in [2.24, 2.45) is 5.92 Å². The van der Waals surface area contributed by atoms with Crippen molar-refractivity contribution in [3.8, 4) is 0 Å². The highest BCUT2D eigenvalue weighted by Gasteiger charge is 2.45. The highest BCUT2D eigenvalue weighted by Crippen LogP contribution is 2.32. The Bertz CT molecular complexity index is 481. The summed E-state index contributed by atoms with van der Waals surface area (Å²) in [7, 11) is 0. The first-order chi connectivity index (χ1) is 11.1. The molecule has 2 rings (SSSR count). The zero-order chi connectivity index (χ0) is 18.1. The summed E-state index contributed by atoms with van der Waals surface area (Å²) in [4.78, 5) is 12.2. The molecule has 0 radical (unpaired) electrons. The van der Waals surface area contributed by atoms with Crippen LogP contribution >= 0.6 is 0 Å². The Morgan fingerprint density at radius 2 is 1.96 bits per heavy atom. The molecule has 5 N–H and O–H groups in total. The molecule has 0 saturated carbocycles. The molecule has 138 valence electrons. The molecule has 24 heavy (non-hydrogen) atoms. The van der Waals surface area contributed by atoms with Crippen molar-refractivity contribution in [3.63, 3.8) is 0 Å². The van der Waals surface area contributed by atoms with Crippen molar-refractivity contribution in [1.82, 2.24) is 0 Å². The average molecular weight is 346 g/mol. The van der Waals surface area contributed by atoms with E-state index >= 15 is 0 Å². The molecule has 0 amide bonds. The number of hydrogen-bond donors (Lipinski definition) is 5. The van der Waals surface area contributed by atoms with Crippen LogP contribution in [0.2, 0.25) is 0 Å². The molecule has 0 spiro atoms. The summed E-state index contributed by atoms with van der Waals surface area (Å²) in [6, 6.07) is 0. The molecule has 1 aliphatic carbocycles. The molecule has 0 aromatic rings. The fourth-order valence-electron chi connectivity index (χ4n) is 3.01. The predicted octanol–water partition coefficient (Wildman–Crippen LogP) is -1.17. The van der Waals surface area contributed by atoms with E-state index < -0.39 is 48.9 Å². The van der Waals surface area contributed by atoms with Gasteiger partial charge in [-0.15, -0.1) is 0 Å². The van der Waals surface area contributed by atoms with Gasteiger partial charge in [0.25, 0.3) is 0 Å². The molecular formula is C16H26O8. The van der Waals surface area contributed by atoms with Crippen LogP contribution in [-0.2, 0) is 14.3 Å². The number of aliphatic hydroxyl groups excluding tert-OH is 4. The lowest BCUT2D eigenvalue weighted by Gasteiger charge is -2.39. The minimum Gasteiger partial charge on any atom is -0.429 e. The highest BCUT2D eigenvalue weighted by atomic mass is 16.7. The first-order valence-corrected chi connectivity index (χ1v) is 8.08. The van der Waals surface area contributed by atoms with E-state index in [0.717, 1.165) is 0 Å². The maximum atomic E-state index is 12.2. The molecule has 1 saturated heterocycles. The lowest BCUT2D eigenvalue weighted by atomic mass is 9.79. The van der Waals surface area contributed by atoms with Crippen LogP contribution in [0.4, 0.5) is 0 Å². The Morgan fingerprint density at radius 3 is 2.46 bits per heavy atom. The number of rotatable bonds is 4. The standard InChI is InChI=1S/C16H26O8/c1-16(2,22)9-5-3-8(4-6-9)14(21)24-15-13(20)12(19)11(18)10(7-17)23-15/h3,9-13,15,17-20,22H,4-7H2,1-2H3. The lowest BCUT2D eigenvalue weighted by molar-refractivity contribution is -0.291. The van der Waals surface area contributed by atoms with Gasteiger partial charge in [-0.1, -0.05) is 6.08 Å². The fourth-order valence-corrected chi connectivity index (χ4v) is 3.01. The Labute approximate surface area is 140 Å². The third kappa shape index (κ3) is 4.14. The summed E-state index contributed by atoms with van der Waals surface area (Å²) >= 11 is 0. The summed E-state index contributed by atoms with van der Waals surface area (Å²) in [6.07, 6.45) is -4.03. The van der Waals surface area contributed by atoms with Gasteiger partial charge in [0, 0.05) is 5.57 Å². The first kappa shape index (κ1) is 19.3. The number of hydrogen-bond acceptors (Lipinski definition) is 8. The van der Waals surface area contributed by atoms with E-state index in [4.69, 9.17) is 14.6 Å². The van der Waals surface area contributed by atoms with E-state index in [2.05, 4.69) is 0 Å². The third-order valence-corrected chi connectivity index (χ3v) is 4.74. The van der Waals surface area contributed by atoms with Crippen LogP contribution in [0, 0.1) is 5.92 Å². The van der Waals surface area contributed by atoms with Gasteiger partial charge >= 0.3 is 5.97 Å². The number of carbonyl (C=O) groups excluding carboxylic acids is 1. The largest absolute Gasteiger partial charge is 0.429 e. The summed E-state index contributed by atoms with van der Waals surface area (Å²) < 4.78 is 10.2. The van der Waals surface area contributed by atoms with Crippen molar-refractivity contribution in [3.05, 3.63) is 11.6 Å². The molecule has 0 bridgehead atoms. The SMILES string of the molecule is CC(C)(O)C1CC=C(C(=O)OC2OC(CO)C(O)C(O)C2O)CC1. The van der Waals surface area contributed by atoms with Gasteiger partial charge in [0.2, 0.25) is 6.29 Å².